The van der Waals surface area contributed by atoms with Crippen molar-refractivity contribution in [3.05, 3.63) is 99.0 Å². The van der Waals surface area contributed by atoms with Crippen molar-refractivity contribution in [1.82, 2.24) is 10.2 Å². The molecule has 1 atom stereocenters. The van der Waals surface area contributed by atoms with E-state index in [1.807, 2.05) is 81.4 Å². The number of amides is 2. The number of hydrogen-bond donors (Lipinski definition) is 1. The number of anilines is 1. The van der Waals surface area contributed by atoms with Gasteiger partial charge in [0.25, 0.3) is 0 Å². The summed E-state index contributed by atoms with van der Waals surface area (Å²) in [4.78, 5) is 29.2. The Labute approximate surface area is 251 Å². The highest BCUT2D eigenvalue weighted by atomic mass is 35.5. The SMILES string of the molecule is CC(C)(C)NC(=O)C(Cc1ccccc1)N(Cc1ccccc1)C(=O)CN(c1cc(Cl)c(Cl)cc1Cl)S(C)(=O)=O. The maximum absolute atomic E-state index is 14.1. The highest BCUT2D eigenvalue weighted by molar-refractivity contribution is 7.92. The fourth-order valence-corrected chi connectivity index (χ4v) is 5.63. The topological polar surface area (TPSA) is 86.8 Å². The number of nitrogens with zero attached hydrogens (tertiary/aromatic N) is 2. The van der Waals surface area contributed by atoms with Crippen molar-refractivity contribution < 1.29 is 18.0 Å². The summed E-state index contributed by atoms with van der Waals surface area (Å²) in [5.74, 6) is -0.958. The summed E-state index contributed by atoms with van der Waals surface area (Å²) in [6.07, 6.45) is 1.18. The Balaban J connectivity index is 2.09. The molecular weight excluding hydrogens is 593 g/mol. The lowest BCUT2D eigenvalue weighted by Gasteiger charge is -2.35. The second-order valence-corrected chi connectivity index (χ2v) is 13.6. The molecule has 0 heterocycles. The van der Waals surface area contributed by atoms with Crippen LogP contribution >= 0.6 is 34.8 Å². The van der Waals surface area contributed by atoms with Gasteiger partial charge in [0.1, 0.15) is 12.6 Å². The quantitative estimate of drug-likeness (QED) is 0.282. The first-order valence-electron chi connectivity index (χ1n) is 12.5. The Kier molecular flexibility index (Phi) is 10.5. The molecular formula is C29H32Cl3N3O4S. The highest BCUT2D eigenvalue weighted by Gasteiger charge is 2.34. The molecule has 11 heteroatoms. The van der Waals surface area contributed by atoms with Crippen LogP contribution in [-0.4, -0.2) is 49.5 Å². The first-order valence-corrected chi connectivity index (χ1v) is 15.5. The van der Waals surface area contributed by atoms with Gasteiger partial charge in [0.2, 0.25) is 21.8 Å². The molecule has 3 aromatic rings. The molecule has 214 valence electrons. The molecule has 0 aliphatic carbocycles. The van der Waals surface area contributed by atoms with Gasteiger partial charge in [0.05, 0.1) is 27.0 Å². The first kappa shape index (κ1) is 31.7. The van der Waals surface area contributed by atoms with Crippen LogP contribution in [0.15, 0.2) is 72.8 Å². The van der Waals surface area contributed by atoms with Gasteiger partial charge in [-0.25, -0.2) is 8.42 Å². The largest absolute Gasteiger partial charge is 0.350 e. The molecule has 3 rings (SSSR count). The van der Waals surface area contributed by atoms with Gasteiger partial charge >= 0.3 is 0 Å². The molecule has 0 bridgehead atoms. The van der Waals surface area contributed by atoms with Crippen LogP contribution in [0.5, 0.6) is 0 Å². The number of carbonyl (C=O) groups excluding carboxylic acids is 2. The summed E-state index contributed by atoms with van der Waals surface area (Å²) in [6.45, 7) is 5.02. The van der Waals surface area contributed by atoms with E-state index in [0.29, 0.717) is 0 Å². The first-order chi connectivity index (χ1) is 18.7. The Morgan fingerprint density at radius 2 is 1.38 bits per heavy atom. The van der Waals surface area contributed by atoms with E-state index < -0.39 is 34.1 Å². The summed E-state index contributed by atoms with van der Waals surface area (Å²) in [5.41, 5.74) is 1.05. The Morgan fingerprint density at radius 1 is 0.850 bits per heavy atom. The lowest BCUT2D eigenvalue weighted by molar-refractivity contribution is -0.140. The van der Waals surface area contributed by atoms with E-state index in [0.717, 1.165) is 21.7 Å². The molecule has 0 aliphatic rings. The molecule has 0 saturated carbocycles. The van der Waals surface area contributed by atoms with Crippen LogP contribution in [0.3, 0.4) is 0 Å². The van der Waals surface area contributed by atoms with Gasteiger partial charge in [0.15, 0.2) is 0 Å². The molecule has 0 spiro atoms. The molecule has 0 aromatic heterocycles. The normalized spacial score (nSPS) is 12.5. The lowest BCUT2D eigenvalue weighted by Crippen LogP contribution is -2.56. The van der Waals surface area contributed by atoms with Gasteiger partial charge in [0, 0.05) is 18.5 Å². The second kappa shape index (κ2) is 13.3. The predicted octanol–water partition coefficient (Wildman–Crippen LogP) is 5.97. The minimum atomic E-state index is -4.01. The Hall–Kier alpha value is -2.78. The van der Waals surface area contributed by atoms with E-state index in [4.69, 9.17) is 34.8 Å². The zero-order valence-corrected chi connectivity index (χ0v) is 25.8. The van der Waals surface area contributed by atoms with Crippen molar-refractivity contribution in [3.8, 4) is 0 Å². The maximum Gasteiger partial charge on any atom is 0.244 e. The minimum Gasteiger partial charge on any atom is -0.350 e. The van der Waals surface area contributed by atoms with E-state index in [1.54, 1.807) is 0 Å². The van der Waals surface area contributed by atoms with Gasteiger partial charge in [-0.3, -0.25) is 13.9 Å². The van der Waals surface area contributed by atoms with E-state index in [1.165, 1.54) is 17.0 Å². The van der Waals surface area contributed by atoms with Gasteiger partial charge < -0.3 is 10.2 Å². The van der Waals surface area contributed by atoms with Crippen molar-refractivity contribution in [2.75, 3.05) is 17.1 Å². The number of carbonyl (C=O) groups is 2. The molecule has 1 unspecified atom stereocenters. The predicted molar refractivity (Wildman–Crippen MR) is 162 cm³/mol. The van der Waals surface area contributed by atoms with Crippen molar-refractivity contribution in [1.29, 1.82) is 0 Å². The number of hydrogen-bond acceptors (Lipinski definition) is 4. The summed E-state index contributed by atoms with van der Waals surface area (Å²) in [7, 11) is -4.01. The molecule has 1 N–H and O–H groups in total. The monoisotopic (exact) mass is 623 g/mol. The smallest absolute Gasteiger partial charge is 0.244 e. The average Bonchev–Trinajstić information content (AvgIpc) is 2.86. The molecule has 7 nitrogen and oxygen atoms in total. The Morgan fingerprint density at radius 3 is 1.90 bits per heavy atom. The molecule has 0 aliphatic heterocycles. The third kappa shape index (κ3) is 8.86. The van der Waals surface area contributed by atoms with Crippen molar-refractivity contribution in [3.63, 3.8) is 0 Å². The third-order valence-electron chi connectivity index (χ3n) is 5.90. The number of benzene rings is 3. The van der Waals surface area contributed by atoms with Gasteiger partial charge in [-0.05, 0) is 44.0 Å². The van der Waals surface area contributed by atoms with Crippen LogP contribution in [0, 0.1) is 0 Å². The van der Waals surface area contributed by atoms with Crippen molar-refractivity contribution >= 4 is 62.3 Å². The van der Waals surface area contributed by atoms with E-state index in [-0.39, 0.29) is 39.6 Å². The molecule has 0 radical (unpaired) electrons. The average molecular weight is 625 g/mol. The lowest BCUT2D eigenvalue weighted by atomic mass is 10.0. The highest BCUT2D eigenvalue weighted by Crippen LogP contribution is 2.35. The number of halogens is 3. The van der Waals surface area contributed by atoms with Crippen LogP contribution in [0.2, 0.25) is 15.1 Å². The van der Waals surface area contributed by atoms with E-state index >= 15 is 0 Å². The zero-order chi connectivity index (χ0) is 29.7. The van der Waals surface area contributed by atoms with Gasteiger partial charge in [-0.15, -0.1) is 0 Å². The van der Waals surface area contributed by atoms with Crippen molar-refractivity contribution in [2.24, 2.45) is 0 Å². The third-order valence-corrected chi connectivity index (χ3v) is 8.05. The summed E-state index contributed by atoms with van der Waals surface area (Å²) in [6, 6.07) is 20.2. The van der Waals surface area contributed by atoms with Crippen molar-refractivity contribution in [2.45, 2.75) is 45.3 Å². The molecule has 3 aromatic carbocycles. The molecule has 0 fully saturated rings. The van der Waals surface area contributed by atoms with Gasteiger partial charge in [-0.1, -0.05) is 95.5 Å². The summed E-state index contributed by atoms with van der Waals surface area (Å²) in [5, 5.41) is 3.21. The van der Waals surface area contributed by atoms with E-state index in [2.05, 4.69) is 5.32 Å². The van der Waals surface area contributed by atoms with Gasteiger partial charge in [-0.2, -0.15) is 0 Å². The standard InChI is InChI=1S/C29H32Cl3N3O4S/c1-29(2,3)33-28(37)26(15-20-11-7-5-8-12-20)34(18-21-13-9-6-10-14-21)27(36)19-35(40(4,38)39)25-17-23(31)22(30)16-24(25)32/h5-14,16-17,26H,15,18-19H2,1-4H3,(H,33,37). The van der Waals surface area contributed by atoms with Crippen LogP contribution in [0.1, 0.15) is 31.9 Å². The van der Waals surface area contributed by atoms with Crippen LogP contribution in [0.25, 0.3) is 0 Å². The maximum atomic E-state index is 14.1. The molecule has 0 saturated heterocycles. The minimum absolute atomic E-state index is 0.00494. The number of nitrogens with one attached hydrogen (secondary N) is 1. The number of sulfonamides is 1. The number of rotatable bonds is 10. The Bertz CT molecular complexity index is 1450. The second-order valence-electron chi connectivity index (χ2n) is 10.4. The zero-order valence-electron chi connectivity index (χ0n) is 22.7. The summed E-state index contributed by atoms with van der Waals surface area (Å²) < 4.78 is 26.7. The van der Waals surface area contributed by atoms with E-state index in [9.17, 15) is 18.0 Å². The van der Waals surface area contributed by atoms with Crippen LogP contribution in [-0.2, 0) is 32.6 Å². The molecule has 40 heavy (non-hydrogen) atoms. The molecule has 2 amide bonds. The van der Waals surface area contributed by atoms with Crippen LogP contribution < -0.4 is 9.62 Å². The fourth-order valence-electron chi connectivity index (χ4n) is 4.08. The van der Waals surface area contributed by atoms with Crippen LogP contribution in [0.4, 0.5) is 5.69 Å². The summed E-state index contributed by atoms with van der Waals surface area (Å²) >= 11 is 18.6. The fraction of sp³-hybridized carbons (Fsp3) is 0.310.